The Morgan fingerprint density at radius 2 is 1.54 bits per heavy atom. The van der Waals surface area contributed by atoms with Crippen LogP contribution in [0.3, 0.4) is 0 Å². The summed E-state index contributed by atoms with van der Waals surface area (Å²) in [7, 11) is 0. The first-order valence-corrected chi connectivity index (χ1v) is 8.59. The SMILES string of the molecule is O=C(O)C1CN(C(=O)CN2c3ccccc3Sc3ccccc32)C1. The molecule has 122 valence electrons. The van der Waals surface area contributed by atoms with Crippen molar-refractivity contribution in [1.29, 1.82) is 0 Å². The Bertz CT molecular complexity index is 772. The molecule has 1 fully saturated rings. The van der Waals surface area contributed by atoms with Gasteiger partial charge in [0.25, 0.3) is 0 Å². The number of hydrogen-bond donors (Lipinski definition) is 1. The van der Waals surface area contributed by atoms with Crippen molar-refractivity contribution in [3.63, 3.8) is 0 Å². The Morgan fingerprint density at radius 1 is 1.00 bits per heavy atom. The fraction of sp³-hybridized carbons (Fsp3) is 0.222. The maximum Gasteiger partial charge on any atom is 0.310 e. The minimum absolute atomic E-state index is 0.0380. The summed E-state index contributed by atoms with van der Waals surface area (Å²) in [6.07, 6.45) is 0. The van der Waals surface area contributed by atoms with Crippen molar-refractivity contribution in [3.8, 4) is 0 Å². The first-order chi connectivity index (χ1) is 11.6. The lowest BCUT2D eigenvalue weighted by Crippen LogP contribution is -2.55. The molecule has 1 saturated heterocycles. The molecule has 24 heavy (non-hydrogen) atoms. The topological polar surface area (TPSA) is 60.9 Å². The minimum Gasteiger partial charge on any atom is -0.481 e. The molecule has 0 aromatic heterocycles. The predicted molar refractivity (Wildman–Crippen MR) is 91.7 cm³/mol. The highest BCUT2D eigenvalue weighted by Crippen LogP contribution is 2.47. The van der Waals surface area contributed by atoms with Gasteiger partial charge in [0.2, 0.25) is 5.91 Å². The second kappa shape index (κ2) is 5.87. The molecule has 2 aliphatic heterocycles. The average Bonchev–Trinajstić information content (AvgIpc) is 2.53. The van der Waals surface area contributed by atoms with Gasteiger partial charge in [0, 0.05) is 22.9 Å². The zero-order valence-corrected chi connectivity index (χ0v) is 13.7. The number of anilines is 2. The molecule has 4 rings (SSSR count). The normalized spacial score (nSPS) is 16.2. The van der Waals surface area contributed by atoms with Gasteiger partial charge in [-0.05, 0) is 24.3 Å². The van der Waals surface area contributed by atoms with E-state index in [4.69, 9.17) is 5.11 Å². The van der Waals surface area contributed by atoms with Crippen LogP contribution >= 0.6 is 11.8 Å². The van der Waals surface area contributed by atoms with Gasteiger partial charge in [-0.1, -0.05) is 36.0 Å². The lowest BCUT2D eigenvalue weighted by molar-refractivity contribution is -0.152. The van der Waals surface area contributed by atoms with Crippen molar-refractivity contribution in [3.05, 3.63) is 48.5 Å². The van der Waals surface area contributed by atoms with Gasteiger partial charge in [-0.25, -0.2) is 0 Å². The number of benzene rings is 2. The van der Waals surface area contributed by atoms with E-state index in [1.54, 1.807) is 16.7 Å². The van der Waals surface area contributed by atoms with Crippen LogP contribution in [0.5, 0.6) is 0 Å². The Labute approximate surface area is 143 Å². The van der Waals surface area contributed by atoms with E-state index in [0.717, 1.165) is 21.2 Å². The van der Waals surface area contributed by atoms with Crippen molar-refractivity contribution < 1.29 is 14.7 Å². The number of nitrogens with zero attached hydrogens (tertiary/aromatic N) is 2. The maximum absolute atomic E-state index is 12.6. The number of amides is 1. The molecular formula is C18H16N2O3S. The molecule has 2 heterocycles. The molecule has 0 saturated carbocycles. The lowest BCUT2D eigenvalue weighted by atomic mass is 10.0. The van der Waals surface area contributed by atoms with Crippen LogP contribution in [0.4, 0.5) is 11.4 Å². The van der Waals surface area contributed by atoms with Crippen molar-refractivity contribution in [2.24, 2.45) is 5.92 Å². The number of aliphatic carboxylic acids is 1. The van der Waals surface area contributed by atoms with Gasteiger partial charge < -0.3 is 14.9 Å². The van der Waals surface area contributed by atoms with E-state index in [1.165, 1.54) is 0 Å². The minimum atomic E-state index is -0.830. The third kappa shape index (κ3) is 2.53. The molecule has 5 nitrogen and oxygen atoms in total. The van der Waals surface area contributed by atoms with E-state index in [0.29, 0.717) is 13.1 Å². The fourth-order valence-corrected chi connectivity index (χ4v) is 4.12. The van der Waals surface area contributed by atoms with Gasteiger partial charge in [-0.15, -0.1) is 0 Å². The van der Waals surface area contributed by atoms with E-state index in [-0.39, 0.29) is 12.5 Å². The maximum atomic E-state index is 12.6. The van der Waals surface area contributed by atoms with Crippen LogP contribution in [-0.4, -0.2) is 41.5 Å². The fourth-order valence-electron chi connectivity index (χ4n) is 3.03. The molecular weight excluding hydrogens is 324 g/mol. The summed E-state index contributed by atoms with van der Waals surface area (Å²) in [5, 5.41) is 8.96. The summed E-state index contributed by atoms with van der Waals surface area (Å²) in [5.74, 6) is -1.29. The molecule has 6 heteroatoms. The molecule has 2 aliphatic rings. The number of carboxylic acid groups (broad SMARTS) is 1. The van der Waals surface area contributed by atoms with Crippen LogP contribution < -0.4 is 4.90 Å². The lowest BCUT2D eigenvalue weighted by Gasteiger charge is -2.39. The molecule has 0 bridgehead atoms. The summed E-state index contributed by atoms with van der Waals surface area (Å²) in [6.45, 7) is 0.834. The van der Waals surface area contributed by atoms with E-state index in [1.807, 2.05) is 41.3 Å². The molecule has 1 N–H and O–H groups in total. The Kier molecular flexibility index (Phi) is 3.69. The number of rotatable bonds is 3. The van der Waals surface area contributed by atoms with E-state index in [9.17, 15) is 9.59 Å². The highest BCUT2D eigenvalue weighted by Gasteiger charge is 2.36. The van der Waals surface area contributed by atoms with Gasteiger partial charge in [-0.3, -0.25) is 9.59 Å². The summed E-state index contributed by atoms with van der Waals surface area (Å²) < 4.78 is 0. The Balaban J connectivity index is 1.59. The van der Waals surface area contributed by atoms with Crippen LogP contribution in [0.1, 0.15) is 0 Å². The van der Waals surface area contributed by atoms with Gasteiger partial charge in [0.1, 0.15) is 6.54 Å². The van der Waals surface area contributed by atoms with Crippen LogP contribution in [-0.2, 0) is 9.59 Å². The Hall–Kier alpha value is -2.47. The van der Waals surface area contributed by atoms with Gasteiger partial charge in [0.15, 0.2) is 0 Å². The summed E-state index contributed by atoms with van der Waals surface area (Å²) in [4.78, 5) is 29.4. The number of fused-ring (bicyclic) bond motifs is 2. The molecule has 2 aromatic rings. The molecule has 2 aromatic carbocycles. The second-order valence-electron chi connectivity index (χ2n) is 5.96. The zero-order valence-electron chi connectivity index (χ0n) is 12.9. The van der Waals surface area contributed by atoms with Gasteiger partial charge in [0.05, 0.1) is 17.3 Å². The summed E-state index contributed by atoms with van der Waals surface area (Å²) >= 11 is 1.70. The first-order valence-electron chi connectivity index (χ1n) is 7.77. The van der Waals surface area contributed by atoms with Crippen LogP contribution in [0.25, 0.3) is 0 Å². The van der Waals surface area contributed by atoms with E-state index < -0.39 is 11.9 Å². The highest BCUT2D eigenvalue weighted by atomic mass is 32.2. The third-order valence-corrected chi connectivity index (χ3v) is 5.54. The van der Waals surface area contributed by atoms with E-state index >= 15 is 0 Å². The summed E-state index contributed by atoms with van der Waals surface area (Å²) in [6, 6.07) is 16.1. The van der Waals surface area contributed by atoms with Gasteiger partial charge in [-0.2, -0.15) is 0 Å². The predicted octanol–water partition coefficient (Wildman–Crippen LogP) is 2.83. The number of hydrogen-bond acceptors (Lipinski definition) is 4. The quantitative estimate of drug-likeness (QED) is 0.931. The van der Waals surface area contributed by atoms with E-state index in [2.05, 4.69) is 12.1 Å². The molecule has 0 aliphatic carbocycles. The van der Waals surface area contributed by atoms with Crippen molar-refractivity contribution >= 4 is 35.0 Å². The second-order valence-corrected chi connectivity index (χ2v) is 7.04. The monoisotopic (exact) mass is 340 g/mol. The number of carbonyl (C=O) groups is 2. The average molecular weight is 340 g/mol. The molecule has 0 radical (unpaired) electrons. The first kappa shape index (κ1) is 15.1. The molecule has 0 unspecified atom stereocenters. The van der Waals surface area contributed by atoms with Crippen LogP contribution in [0.15, 0.2) is 58.3 Å². The molecule has 0 spiro atoms. The zero-order chi connectivity index (χ0) is 16.7. The van der Waals surface area contributed by atoms with Crippen molar-refractivity contribution in [2.75, 3.05) is 24.5 Å². The smallest absolute Gasteiger partial charge is 0.310 e. The number of carbonyl (C=O) groups excluding carboxylic acids is 1. The number of carboxylic acids is 1. The molecule has 1 amide bonds. The number of para-hydroxylation sites is 2. The Morgan fingerprint density at radius 3 is 2.08 bits per heavy atom. The van der Waals surface area contributed by atoms with Crippen molar-refractivity contribution in [1.82, 2.24) is 4.90 Å². The summed E-state index contributed by atoms with van der Waals surface area (Å²) in [5.41, 5.74) is 2.04. The standard InChI is InChI=1S/C18H16N2O3S/c21-17(19-9-12(10-19)18(22)23)11-20-13-5-1-3-7-15(13)24-16-8-4-2-6-14(16)20/h1-8,12H,9-11H2,(H,22,23). The van der Waals surface area contributed by atoms with Crippen molar-refractivity contribution in [2.45, 2.75) is 9.79 Å². The number of likely N-dealkylation sites (tertiary alicyclic amines) is 1. The van der Waals surface area contributed by atoms with Gasteiger partial charge >= 0.3 is 5.97 Å². The van der Waals surface area contributed by atoms with Crippen LogP contribution in [0, 0.1) is 5.92 Å². The third-order valence-electron chi connectivity index (χ3n) is 4.41. The molecule has 0 atom stereocenters. The largest absolute Gasteiger partial charge is 0.481 e. The van der Waals surface area contributed by atoms with Crippen LogP contribution in [0.2, 0.25) is 0 Å². The highest BCUT2D eigenvalue weighted by molar-refractivity contribution is 7.99.